The standard InChI is InChI=1S/C21H21N5O2S/c1-14(2)12-22-21(29)24-23-19(27)18-16-10-6-7-11-17(16)20(28)26(25-18)13-15-8-4-3-5-9-15/h3-11H,1,12-13H2,2H3,(H,23,27)(H2,22,24,29). The first-order chi connectivity index (χ1) is 14.0. The number of carbonyl (C=O) groups is 1. The number of amides is 1. The summed E-state index contributed by atoms with van der Waals surface area (Å²) >= 11 is 5.12. The molecule has 0 radical (unpaired) electrons. The van der Waals surface area contributed by atoms with E-state index in [-0.39, 0.29) is 22.9 Å². The first-order valence-electron chi connectivity index (χ1n) is 8.98. The van der Waals surface area contributed by atoms with Crippen LogP contribution >= 0.6 is 12.2 Å². The van der Waals surface area contributed by atoms with E-state index in [0.29, 0.717) is 17.3 Å². The smallest absolute Gasteiger partial charge is 0.290 e. The zero-order valence-electron chi connectivity index (χ0n) is 15.9. The molecule has 7 nitrogen and oxygen atoms in total. The highest BCUT2D eigenvalue weighted by Gasteiger charge is 2.17. The Balaban J connectivity index is 1.89. The van der Waals surface area contributed by atoms with E-state index in [1.165, 1.54) is 4.68 Å². The highest BCUT2D eigenvalue weighted by molar-refractivity contribution is 7.80. The van der Waals surface area contributed by atoms with Crippen molar-refractivity contribution >= 4 is 34.0 Å². The predicted molar refractivity (Wildman–Crippen MR) is 118 cm³/mol. The molecule has 3 aromatic rings. The van der Waals surface area contributed by atoms with Gasteiger partial charge in [-0.05, 0) is 30.8 Å². The highest BCUT2D eigenvalue weighted by Crippen LogP contribution is 2.13. The van der Waals surface area contributed by atoms with E-state index >= 15 is 0 Å². The minimum atomic E-state index is -0.498. The zero-order valence-corrected chi connectivity index (χ0v) is 16.8. The molecule has 8 heteroatoms. The van der Waals surface area contributed by atoms with Crippen molar-refractivity contribution in [2.24, 2.45) is 0 Å². The maximum absolute atomic E-state index is 12.8. The van der Waals surface area contributed by atoms with Gasteiger partial charge in [0.1, 0.15) is 0 Å². The van der Waals surface area contributed by atoms with E-state index in [4.69, 9.17) is 12.2 Å². The maximum Gasteiger partial charge on any atom is 0.290 e. The van der Waals surface area contributed by atoms with Crippen molar-refractivity contribution in [3.63, 3.8) is 0 Å². The maximum atomic E-state index is 12.8. The highest BCUT2D eigenvalue weighted by atomic mass is 32.1. The van der Waals surface area contributed by atoms with Crippen LogP contribution in [0.1, 0.15) is 23.0 Å². The topological polar surface area (TPSA) is 88.0 Å². The molecule has 0 unspecified atom stereocenters. The van der Waals surface area contributed by atoms with Crippen molar-refractivity contribution in [1.29, 1.82) is 0 Å². The van der Waals surface area contributed by atoms with Crippen LogP contribution in [0, 0.1) is 0 Å². The molecule has 0 saturated heterocycles. The first kappa shape index (κ1) is 20.2. The summed E-state index contributed by atoms with van der Waals surface area (Å²) in [5.41, 5.74) is 6.85. The third kappa shape index (κ3) is 5.05. The predicted octanol–water partition coefficient (Wildman–Crippen LogP) is 2.13. The van der Waals surface area contributed by atoms with Gasteiger partial charge < -0.3 is 5.32 Å². The molecule has 1 heterocycles. The quantitative estimate of drug-likeness (QED) is 0.341. The van der Waals surface area contributed by atoms with E-state index in [9.17, 15) is 9.59 Å². The van der Waals surface area contributed by atoms with E-state index in [0.717, 1.165) is 11.1 Å². The molecule has 29 heavy (non-hydrogen) atoms. The zero-order chi connectivity index (χ0) is 20.8. The van der Waals surface area contributed by atoms with Gasteiger partial charge in [0.15, 0.2) is 10.8 Å². The lowest BCUT2D eigenvalue weighted by Crippen LogP contribution is -2.47. The second kappa shape index (κ2) is 9.11. The summed E-state index contributed by atoms with van der Waals surface area (Å²) in [6.45, 7) is 6.39. The minimum absolute atomic E-state index is 0.131. The van der Waals surface area contributed by atoms with Gasteiger partial charge in [-0.2, -0.15) is 5.10 Å². The van der Waals surface area contributed by atoms with Crippen LogP contribution in [-0.2, 0) is 6.54 Å². The van der Waals surface area contributed by atoms with Gasteiger partial charge in [-0.1, -0.05) is 60.7 Å². The van der Waals surface area contributed by atoms with Crippen molar-refractivity contribution < 1.29 is 4.79 Å². The molecule has 0 atom stereocenters. The fraction of sp³-hybridized carbons (Fsp3) is 0.143. The third-order valence-electron chi connectivity index (χ3n) is 4.10. The van der Waals surface area contributed by atoms with Crippen LogP contribution in [0.5, 0.6) is 0 Å². The van der Waals surface area contributed by atoms with E-state index in [1.807, 2.05) is 37.3 Å². The number of nitrogens with one attached hydrogen (secondary N) is 3. The van der Waals surface area contributed by atoms with E-state index in [1.54, 1.807) is 24.3 Å². The van der Waals surface area contributed by atoms with Crippen LogP contribution in [0.2, 0.25) is 0 Å². The molecule has 0 saturated carbocycles. The second-order valence-corrected chi connectivity index (χ2v) is 6.97. The van der Waals surface area contributed by atoms with Crippen molar-refractivity contribution in [2.75, 3.05) is 6.54 Å². The second-order valence-electron chi connectivity index (χ2n) is 6.56. The molecule has 2 aromatic carbocycles. The van der Waals surface area contributed by atoms with Crippen LogP contribution in [0.4, 0.5) is 0 Å². The monoisotopic (exact) mass is 407 g/mol. The number of hydrogen-bond donors (Lipinski definition) is 3. The molecule has 0 aliphatic heterocycles. The average molecular weight is 407 g/mol. The Kier molecular flexibility index (Phi) is 6.36. The summed E-state index contributed by atoms with van der Waals surface area (Å²) in [6, 6.07) is 16.4. The number of fused-ring (bicyclic) bond motifs is 1. The number of carbonyl (C=O) groups excluding carboxylic acids is 1. The molecule has 3 N–H and O–H groups in total. The summed E-state index contributed by atoms with van der Waals surface area (Å²) in [5.74, 6) is -0.498. The first-order valence-corrected chi connectivity index (χ1v) is 9.39. The van der Waals surface area contributed by atoms with Crippen LogP contribution in [-0.4, -0.2) is 27.3 Å². The number of hydrazine groups is 1. The summed E-state index contributed by atoms with van der Waals surface area (Å²) in [4.78, 5) is 25.6. The van der Waals surface area contributed by atoms with Crippen LogP contribution in [0.25, 0.3) is 10.8 Å². The molecule has 0 aliphatic rings. The van der Waals surface area contributed by atoms with Crippen molar-refractivity contribution in [3.05, 3.63) is 88.4 Å². The Morgan fingerprint density at radius 1 is 1.07 bits per heavy atom. The lowest BCUT2D eigenvalue weighted by atomic mass is 10.1. The normalized spacial score (nSPS) is 10.4. The van der Waals surface area contributed by atoms with Gasteiger partial charge in [0.2, 0.25) is 0 Å². The number of thiocarbonyl (C=S) groups is 1. The number of benzene rings is 2. The molecule has 0 spiro atoms. The van der Waals surface area contributed by atoms with E-state index in [2.05, 4.69) is 27.8 Å². The lowest BCUT2D eigenvalue weighted by Gasteiger charge is -2.13. The molecule has 148 valence electrons. The Labute approximate surface area is 173 Å². The molecular weight excluding hydrogens is 386 g/mol. The fourth-order valence-corrected chi connectivity index (χ4v) is 2.84. The number of hydrogen-bond acceptors (Lipinski definition) is 4. The SMILES string of the molecule is C=C(C)CNC(=S)NNC(=O)c1nn(Cc2ccccc2)c(=O)c2ccccc12. The summed E-state index contributed by atoms with van der Waals surface area (Å²) in [5, 5.41) is 8.38. The number of rotatable bonds is 5. The van der Waals surface area contributed by atoms with Crippen LogP contribution < -0.4 is 21.7 Å². The number of aromatic nitrogens is 2. The summed E-state index contributed by atoms with van der Waals surface area (Å²) in [6.07, 6.45) is 0. The van der Waals surface area contributed by atoms with Crippen LogP contribution in [0.3, 0.4) is 0 Å². The third-order valence-corrected chi connectivity index (χ3v) is 4.34. The lowest BCUT2D eigenvalue weighted by molar-refractivity contribution is 0.0938. The summed E-state index contributed by atoms with van der Waals surface area (Å²) < 4.78 is 1.30. The molecule has 1 amide bonds. The van der Waals surface area contributed by atoms with Crippen molar-refractivity contribution in [3.8, 4) is 0 Å². The Morgan fingerprint density at radius 2 is 1.72 bits per heavy atom. The average Bonchev–Trinajstić information content (AvgIpc) is 2.73. The Hall–Kier alpha value is -3.52. The fourth-order valence-electron chi connectivity index (χ4n) is 2.71. The van der Waals surface area contributed by atoms with Gasteiger partial charge in [0, 0.05) is 11.9 Å². The number of nitrogens with zero attached hydrogens (tertiary/aromatic N) is 2. The minimum Gasteiger partial charge on any atom is -0.358 e. The Morgan fingerprint density at radius 3 is 2.41 bits per heavy atom. The van der Waals surface area contributed by atoms with Gasteiger partial charge in [0.25, 0.3) is 11.5 Å². The Bertz CT molecular complexity index is 1120. The molecule has 3 rings (SSSR count). The van der Waals surface area contributed by atoms with Crippen molar-refractivity contribution in [2.45, 2.75) is 13.5 Å². The van der Waals surface area contributed by atoms with Gasteiger partial charge in [-0.3, -0.25) is 20.4 Å². The van der Waals surface area contributed by atoms with Gasteiger partial charge in [0.05, 0.1) is 11.9 Å². The van der Waals surface area contributed by atoms with E-state index < -0.39 is 5.91 Å². The summed E-state index contributed by atoms with van der Waals surface area (Å²) in [7, 11) is 0. The van der Waals surface area contributed by atoms with Gasteiger partial charge in [-0.15, -0.1) is 0 Å². The van der Waals surface area contributed by atoms with Gasteiger partial charge in [-0.25, -0.2) is 4.68 Å². The largest absolute Gasteiger partial charge is 0.358 e. The molecule has 1 aromatic heterocycles. The molecule has 0 fully saturated rings. The van der Waals surface area contributed by atoms with Crippen molar-refractivity contribution in [1.82, 2.24) is 25.9 Å². The molecular formula is C21H21N5O2S. The van der Waals surface area contributed by atoms with Crippen LogP contribution in [0.15, 0.2) is 71.5 Å². The van der Waals surface area contributed by atoms with Gasteiger partial charge >= 0.3 is 0 Å². The molecule has 0 aliphatic carbocycles. The molecule has 0 bridgehead atoms.